The summed E-state index contributed by atoms with van der Waals surface area (Å²) in [5.74, 6) is -0.0987. The van der Waals surface area contributed by atoms with Crippen molar-refractivity contribution in [2.24, 2.45) is 7.05 Å². The molecule has 1 saturated heterocycles. The second kappa shape index (κ2) is 9.36. The van der Waals surface area contributed by atoms with Crippen LogP contribution in [-0.2, 0) is 25.6 Å². The zero-order valence-corrected chi connectivity index (χ0v) is 17.8. The summed E-state index contributed by atoms with van der Waals surface area (Å²) in [5.41, 5.74) is 1.97. The van der Waals surface area contributed by atoms with E-state index < -0.39 is 19.7 Å². The van der Waals surface area contributed by atoms with Crippen molar-refractivity contribution >= 4 is 13.5 Å². The predicted octanol–water partition coefficient (Wildman–Crippen LogP) is 1.32. The molecule has 0 radical (unpaired) electrons. The maximum Gasteiger partial charge on any atom is 0.469 e. The number of nitrogens with zero attached hydrogens (tertiary/aromatic N) is 6. The fourth-order valence-corrected chi connectivity index (χ4v) is 3.47. The van der Waals surface area contributed by atoms with Crippen molar-refractivity contribution in [2.45, 2.75) is 6.10 Å². The highest BCUT2D eigenvalue weighted by atomic mass is 31.2. The highest BCUT2D eigenvalue weighted by Crippen LogP contribution is 2.36. The third kappa shape index (κ3) is 5.51. The van der Waals surface area contributed by atoms with Gasteiger partial charge < -0.3 is 24.2 Å². The van der Waals surface area contributed by atoms with Gasteiger partial charge in [-0.25, -0.2) is 8.96 Å². The van der Waals surface area contributed by atoms with Gasteiger partial charge in [-0.3, -0.25) is 9.51 Å². The van der Waals surface area contributed by atoms with E-state index in [2.05, 4.69) is 24.9 Å². The average molecular weight is 466 g/mol. The molecular formula is C18H20FN6O6P. The zero-order chi connectivity index (χ0) is 22.7. The monoisotopic (exact) mass is 466 g/mol. The van der Waals surface area contributed by atoms with Crippen LogP contribution in [0.1, 0.15) is 0 Å². The van der Waals surface area contributed by atoms with Gasteiger partial charge in [0.1, 0.15) is 31.1 Å². The van der Waals surface area contributed by atoms with Crippen molar-refractivity contribution in [2.75, 3.05) is 31.6 Å². The van der Waals surface area contributed by atoms with Gasteiger partial charge in [0.15, 0.2) is 0 Å². The van der Waals surface area contributed by atoms with E-state index in [1.54, 1.807) is 36.2 Å². The predicted molar refractivity (Wildman–Crippen MR) is 108 cm³/mol. The summed E-state index contributed by atoms with van der Waals surface area (Å²) in [6.07, 6.45) is 0.863. The number of benzene rings is 1. The first-order chi connectivity index (χ1) is 15.3. The summed E-state index contributed by atoms with van der Waals surface area (Å²) in [5, 5.41) is 11.7. The SMILES string of the molecule is Cn1nnc(-c2ccc(-c3ccc(N4COCO[C@@H](COP(=O)(O)O)C4)cc3F)cn2)n1. The number of hydrogen-bond donors (Lipinski definition) is 2. The number of aromatic nitrogens is 5. The summed E-state index contributed by atoms with van der Waals surface area (Å²) < 4.78 is 41.1. The fourth-order valence-electron chi connectivity index (χ4n) is 3.11. The Balaban J connectivity index is 1.49. The van der Waals surface area contributed by atoms with Gasteiger partial charge in [0.2, 0.25) is 5.82 Å². The van der Waals surface area contributed by atoms with Gasteiger partial charge in [0, 0.05) is 29.6 Å². The van der Waals surface area contributed by atoms with Crippen LogP contribution in [0, 0.1) is 5.82 Å². The number of phosphoric acid groups is 1. The van der Waals surface area contributed by atoms with Crippen molar-refractivity contribution in [3.8, 4) is 22.6 Å². The lowest BCUT2D eigenvalue weighted by atomic mass is 10.1. The molecule has 0 unspecified atom stereocenters. The van der Waals surface area contributed by atoms with Gasteiger partial charge in [0.05, 0.1) is 13.7 Å². The number of hydrogen-bond acceptors (Lipinski definition) is 9. The maximum absolute atomic E-state index is 14.9. The Hall–Kier alpha value is -2.80. The lowest BCUT2D eigenvalue weighted by Crippen LogP contribution is -2.34. The Bertz CT molecular complexity index is 1120. The van der Waals surface area contributed by atoms with Crippen LogP contribution >= 0.6 is 7.82 Å². The molecule has 0 aliphatic carbocycles. The van der Waals surface area contributed by atoms with Gasteiger partial charge in [-0.1, -0.05) is 6.07 Å². The molecule has 0 saturated carbocycles. The smallest absolute Gasteiger partial charge is 0.348 e. The van der Waals surface area contributed by atoms with Crippen molar-refractivity contribution in [3.05, 3.63) is 42.3 Å². The molecule has 3 heterocycles. The molecule has 1 fully saturated rings. The molecule has 1 aromatic carbocycles. The zero-order valence-electron chi connectivity index (χ0n) is 16.9. The quantitative estimate of drug-likeness (QED) is 0.507. The number of pyridine rings is 1. The van der Waals surface area contributed by atoms with Gasteiger partial charge in [0.25, 0.3) is 0 Å². The van der Waals surface area contributed by atoms with Crippen LogP contribution in [0.2, 0.25) is 0 Å². The fraction of sp³-hybridized carbons (Fsp3) is 0.333. The van der Waals surface area contributed by atoms with Gasteiger partial charge in [-0.05, 0) is 29.5 Å². The molecule has 32 heavy (non-hydrogen) atoms. The summed E-state index contributed by atoms with van der Waals surface area (Å²) in [4.78, 5) is 25.1. The summed E-state index contributed by atoms with van der Waals surface area (Å²) in [6.45, 7) is -0.0962. The van der Waals surface area contributed by atoms with E-state index in [9.17, 15) is 8.96 Å². The van der Waals surface area contributed by atoms with E-state index >= 15 is 0 Å². The van der Waals surface area contributed by atoms with Crippen molar-refractivity contribution in [1.82, 2.24) is 25.2 Å². The van der Waals surface area contributed by atoms with E-state index in [1.807, 2.05) is 0 Å². The minimum atomic E-state index is -4.63. The molecule has 1 aliphatic heterocycles. The summed E-state index contributed by atoms with van der Waals surface area (Å²) >= 11 is 0. The standard InChI is InChI=1S/C18H20FN6O6P/c1-24-22-18(21-23-24)17-5-2-12(7-20-17)15-4-3-13(6-16(15)19)25-8-14(30-11-29-10-25)9-31-32(26,27)28/h2-7,14H,8-11H2,1H3,(H2,26,27,28)/t14-/m1/s1. The van der Waals surface area contributed by atoms with Crippen LogP contribution in [0.4, 0.5) is 10.1 Å². The van der Waals surface area contributed by atoms with Crippen molar-refractivity contribution < 1.29 is 32.7 Å². The molecule has 3 aromatic rings. The molecule has 0 amide bonds. The highest BCUT2D eigenvalue weighted by Gasteiger charge is 2.24. The number of aryl methyl sites for hydroxylation is 1. The number of anilines is 1. The molecule has 170 valence electrons. The van der Waals surface area contributed by atoms with Crippen LogP contribution in [0.5, 0.6) is 0 Å². The molecular weight excluding hydrogens is 446 g/mol. The van der Waals surface area contributed by atoms with Crippen LogP contribution in [0.15, 0.2) is 36.5 Å². The molecule has 0 bridgehead atoms. The van der Waals surface area contributed by atoms with E-state index in [-0.39, 0.29) is 26.7 Å². The lowest BCUT2D eigenvalue weighted by Gasteiger charge is -2.25. The molecule has 2 aromatic heterocycles. The molecule has 1 aliphatic rings. The van der Waals surface area contributed by atoms with Crippen molar-refractivity contribution in [1.29, 1.82) is 0 Å². The third-order valence-corrected chi connectivity index (χ3v) is 5.10. The summed E-state index contributed by atoms with van der Waals surface area (Å²) in [6, 6.07) is 8.09. The Morgan fingerprint density at radius 1 is 1.31 bits per heavy atom. The van der Waals surface area contributed by atoms with Crippen LogP contribution < -0.4 is 4.90 Å². The van der Waals surface area contributed by atoms with Gasteiger partial charge in [-0.15, -0.1) is 10.2 Å². The normalized spacial score (nSPS) is 17.4. The topological polar surface area (TPSA) is 145 Å². The number of halogens is 1. The molecule has 12 nitrogen and oxygen atoms in total. The minimum absolute atomic E-state index is 0.0785. The minimum Gasteiger partial charge on any atom is -0.348 e. The Kier molecular flexibility index (Phi) is 6.55. The average Bonchev–Trinajstić information content (AvgIpc) is 3.05. The summed E-state index contributed by atoms with van der Waals surface area (Å²) in [7, 11) is -2.98. The number of phosphoric ester groups is 1. The highest BCUT2D eigenvalue weighted by molar-refractivity contribution is 7.46. The third-order valence-electron chi connectivity index (χ3n) is 4.62. The second-order valence-electron chi connectivity index (χ2n) is 6.95. The number of ether oxygens (including phenoxy) is 2. The molecule has 4 rings (SSSR count). The van der Waals surface area contributed by atoms with Gasteiger partial charge in [-0.2, -0.15) is 4.80 Å². The van der Waals surface area contributed by atoms with Gasteiger partial charge >= 0.3 is 7.82 Å². The molecule has 2 N–H and O–H groups in total. The van der Waals surface area contributed by atoms with E-state index in [4.69, 9.17) is 19.3 Å². The Morgan fingerprint density at radius 2 is 2.16 bits per heavy atom. The van der Waals surface area contributed by atoms with Crippen molar-refractivity contribution in [3.63, 3.8) is 0 Å². The van der Waals surface area contributed by atoms with Crippen LogP contribution in [0.25, 0.3) is 22.6 Å². The number of tetrazole rings is 1. The Labute approximate surface area is 181 Å². The molecule has 1 atom stereocenters. The van der Waals surface area contributed by atoms with Crippen LogP contribution in [0.3, 0.4) is 0 Å². The van der Waals surface area contributed by atoms with Crippen LogP contribution in [-0.4, -0.2) is 67.8 Å². The first-order valence-electron chi connectivity index (χ1n) is 9.43. The second-order valence-corrected chi connectivity index (χ2v) is 8.19. The first-order valence-corrected chi connectivity index (χ1v) is 11.0. The maximum atomic E-state index is 14.9. The van der Waals surface area contributed by atoms with E-state index in [0.717, 1.165) is 0 Å². The lowest BCUT2D eigenvalue weighted by molar-refractivity contribution is -0.0770. The largest absolute Gasteiger partial charge is 0.469 e. The molecule has 14 heteroatoms. The number of rotatable bonds is 6. The molecule has 0 spiro atoms. The van der Waals surface area contributed by atoms with E-state index in [1.165, 1.54) is 17.1 Å². The Morgan fingerprint density at radius 3 is 2.81 bits per heavy atom. The van der Waals surface area contributed by atoms with E-state index in [0.29, 0.717) is 28.3 Å². The first kappa shape index (κ1) is 22.4.